The second-order valence-corrected chi connectivity index (χ2v) is 7.63. The van der Waals surface area contributed by atoms with Crippen LogP contribution in [0.2, 0.25) is 0 Å². The number of carbonyl (C=O) groups excluding carboxylic acids is 2. The third kappa shape index (κ3) is 7.10. The maximum atomic E-state index is 12.7. The lowest BCUT2D eigenvalue weighted by atomic mass is 9.94. The number of rotatable bonds is 11. The quantitative estimate of drug-likeness (QED) is 0.207. The number of aromatic hydroxyl groups is 1. The molecule has 2 aromatic rings. The molecule has 0 radical (unpaired) electrons. The molecule has 3 N–H and O–H groups in total. The van der Waals surface area contributed by atoms with Crippen LogP contribution in [-0.4, -0.2) is 36.9 Å². The first-order chi connectivity index (χ1) is 15.8. The standard InChI is InChI=1S/C25H31N3O5/c1-6-8-18-13-17(14-21(23(18)29)33-7-2)15-26-28-25(31)22(16(3)4)24(30)27-19-9-11-20(32-5)12-10-19/h6,9-16,22,29H,1,7-8H2,2-5H3,(H,27,30)(H,28,31)/b26-15+. The molecular formula is C25H31N3O5. The Morgan fingerprint density at radius 3 is 2.45 bits per heavy atom. The van der Waals surface area contributed by atoms with Gasteiger partial charge in [-0.3, -0.25) is 9.59 Å². The highest BCUT2D eigenvalue weighted by Crippen LogP contribution is 2.32. The minimum atomic E-state index is -0.945. The first-order valence-corrected chi connectivity index (χ1v) is 10.7. The van der Waals surface area contributed by atoms with Crippen LogP contribution in [0.1, 0.15) is 31.9 Å². The molecule has 2 aromatic carbocycles. The van der Waals surface area contributed by atoms with Crippen molar-refractivity contribution in [1.29, 1.82) is 0 Å². The van der Waals surface area contributed by atoms with E-state index in [1.165, 1.54) is 6.21 Å². The summed E-state index contributed by atoms with van der Waals surface area (Å²) in [5, 5.41) is 17.1. The summed E-state index contributed by atoms with van der Waals surface area (Å²) in [5.74, 6) is -1.12. The number of amides is 2. The number of methoxy groups -OCH3 is 1. The normalized spacial score (nSPS) is 11.8. The summed E-state index contributed by atoms with van der Waals surface area (Å²) in [5.41, 5.74) is 4.25. The number of benzene rings is 2. The van der Waals surface area contributed by atoms with Crippen LogP contribution in [0.25, 0.3) is 0 Å². The van der Waals surface area contributed by atoms with E-state index in [0.717, 1.165) is 0 Å². The molecule has 1 unspecified atom stereocenters. The summed E-state index contributed by atoms with van der Waals surface area (Å²) in [7, 11) is 1.56. The maximum absolute atomic E-state index is 12.7. The Hall–Kier alpha value is -3.81. The third-order valence-corrected chi connectivity index (χ3v) is 4.82. The van der Waals surface area contributed by atoms with E-state index in [0.29, 0.717) is 41.3 Å². The van der Waals surface area contributed by atoms with Crippen LogP contribution in [0.3, 0.4) is 0 Å². The second kappa shape index (κ2) is 12.3. The fourth-order valence-corrected chi connectivity index (χ4v) is 3.20. The molecule has 0 aromatic heterocycles. The SMILES string of the molecule is C=CCc1cc(/C=N/NC(=O)C(C(=O)Nc2ccc(OC)cc2)C(C)C)cc(OCC)c1O. The molecule has 0 aliphatic heterocycles. The number of hydrogen-bond donors (Lipinski definition) is 3. The predicted octanol–water partition coefficient (Wildman–Crippen LogP) is 3.89. The van der Waals surface area contributed by atoms with E-state index in [9.17, 15) is 14.7 Å². The van der Waals surface area contributed by atoms with Gasteiger partial charge in [-0.25, -0.2) is 5.43 Å². The summed E-state index contributed by atoms with van der Waals surface area (Å²) in [6.45, 7) is 9.47. The summed E-state index contributed by atoms with van der Waals surface area (Å²) in [6.07, 6.45) is 3.55. The lowest BCUT2D eigenvalue weighted by Crippen LogP contribution is -2.39. The van der Waals surface area contributed by atoms with Gasteiger partial charge in [0, 0.05) is 11.3 Å². The van der Waals surface area contributed by atoms with E-state index in [1.807, 2.05) is 6.92 Å². The zero-order valence-corrected chi connectivity index (χ0v) is 19.4. The highest BCUT2D eigenvalue weighted by atomic mass is 16.5. The van der Waals surface area contributed by atoms with Gasteiger partial charge >= 0.3 is 0 Å². The van der Waals surface area contributed by atoms with Crippen molar-refractivity contribution in [3.05, 3.63) is 60.2 Å². The van der Waals surface area contributed by atoms with Crippen molar-refractivity contribution >= 4 is 23.7 Å². The van der Waals surface area contributed by atoms with Crippen LogP contribution in [0, 0.1) is 11.8 Å². The average molecular weight is 454 g/mol. The topological polar surface area (TPSA) is 109 Å². The third-order valence-electron chi connectivity index (χ3n) is 4.82. The van der Waals surface area contributed by atoms with Crippen molar-refractivity contribution in [1.82, 2.24) is 5.43 Å². The van der Waals surface area contributed by atoms with E-state index in [2.05, 4.69) is 22.4 Å². The monoisotopic (exact) mass is 453 g/mol. The molecule has 0 bridgehead atoms. The molecule has 0 fully saturated rings. The van der Waals surface area contributed by atoms with Gasteiger partial charge in [0.15, 0.2) is 11.5 Å². The molecular weight excluding hydrogens is 422 g/mol. The number of anilines is 1. The summed E-state index contributed by atoms with van der Waals surface area (Å²) in [4.78, 5) is 25.5. The van der Waals surface area contributed by atoms with Gasteiger partial charge in [0.05, 0.1) is 19.9 Å². The van der Waals surface area contributed by atoms with Crippen molar-refractivity contribution in [2.75, 3.05) is 19.0 Å². The van der Waals surface area contributed by atoms with Gasteiger partial charge < -0.3 is 19.9 Å². The van der Waals surface area contributed by atoms with E-state index < -0.39 is 17.7 Å². The van der Waals surface area contributed by atoms with Gasteiger partial charge in [0.1, 0.15) is 11.7 Å². The van der Waals surface area contributed by atoms with E-state index in [4.69, 9.17) is 9.47 Å². The number of hydrazone groups is 1. The Morgan fingerprint density at radius 2 is 1.88 bits per heavy atom. The molecule has 8 nitrogen and oxygen atoms in total. The van der Waals surface area contributed by atoms with E-state index in [1.54, 1.807) is 63.4 Å². The highest BCUT2D eigenvalue weighted by Gasteiger charge is 2.30. The number of nitrogens with zero attached hydrogens (tertiary/aromatic N) is 1. The molecule has 0 saturated carbocycles. The van der Waals surface area contributed by atoms with Crippen molar-refractivity contribution < 1.29 is 24.2 Å². The fraction of sp³-hybridized carbons (Fsp3) is 0.320. The molecule has 0 aliphatic rings. The molecule has 0 aliphatic carbocycles. The number of phenolic OH excluding ortho intramolecular Hbond substituents is 1. The minimum absolute atomic E-state index is 0.0491. The van der Waals surface area contributed by atoms with Gasteiger partial charge in [0.25, 0.3) is 5.91 Å². The Labute approximate surface area is 194 Å². The van der Waals surface area contributed by atoms with Crippen molar-refractivity contribution in [3.8, 4) is 17.2 Å². The smallest absolute Gasteiger partial charge is 0.252 e. The largest absolute Gasteiger partial charge is 0.504 e. The van der Waals surface area contributed by atoms with Crippen LogP contribution in [-0.2, 0) is 16.0 Å². The molecule has 2 amide bonds. The van der Waals surface area contributed by atoms with Crippen molar-refractivity contribution in [2.24, 2.45) is 16.9 Å². The minimum Gasteiger partial charge on any atom is -0.504 e. The van der Waals surface area contributed by atoms with Crippen LogP contribution in [0.5, 0.6) is 17.2 Å². The predicted molar refractivity (Wildman–Crippen MR) is 129 cm³/mol. The van der Waals surface area contributed by atoms with Crippen molar-refractivity contribution in [3.63, 3.8) is 0 Å². The molecule has 0 spiro atoms. The van der Waals surface area contributed by atoms with Gasteiger partial charge in [-0.15, -0.1) is 6.58 Å². The zero-order valence-electron chi connectivity index (χ0n) is 19.4. The van der Waals surface area contributed by atoms with Crippen LogP contribution in [0.4, 0.5) is 5.69 Å². The number of hydrogen-bond acceptors (Lipinski definition) is 6. The Morgan fingerprint density at radius 1 is 1.18 bits per heavy atom. The van der Waals surface area contributed by atoms with Gasteiger partial charge in [-0.2, -0.15) is 5.10 Å². The molecule has 0 saturated heterocycles. The molecule has 2 rings (SSSR count). The molecule has 0 heterocycles. The second-order valence-electron chi connectivity index (χ2n) is 7.63. The first-order valence-electron chi connectivity index (χ1n) is 10.7. The molecule has 1 atom stereocenters. The van der Waals surface area contributed by atoms with Crippen LogP contribution >= 0.6 is 0 Å². The highest BCUT2D eigenvalue weighted by molar-refractivity contribution is 6.06. The molecule has 33 heavy (non-hydrogen) atoms. The average Bonchev–Trinajstić information content (AvgIpc) is 2.77. The summed E-state index contributed by atoms with van der Waals surface area (Å²) < 4.78 is 10.6. The molecule has 176 valence electrons. The number of carbonyl (C=O) groups is 2. The van der Waals surface area contributed by atoms with E-state index in [-0.39, 0.29) is 11.7 Å². The van der Waals surface area contributed by atoms with Gasteiger partial charge in [0.2, 0.25) is 5.91 Å². The summed E-state index contributed by atoms with van der Waals surface area (Å²) in [6, 6.07) is 10.2. The van der Waals surface area contributed by atoms with Crippen molar-refractivity contribution in [2.45, 2.75) is 27.2 Å². The Balaban J connectivity index is 2.12. The van der Waals surface area contributed by atoms with Gasteiger partial charge in [-0.1, -0.05) is 19.9 Å². The maximum Gasteiger partial charge on any atom is 0.252 e. The van der Waals surface area contributed by atoms with Crippen LogP contribution < -0.4 is 20.2 Å². The lowest BCUT2D eigenvalue weighted by molar-refractivity contribution is -0.134. The fourth-order valence-electron chi connectivity index (χ4n) is 3.20. The molecule has 8 heteroatoms. The Bertz CT molecular complexity index is 1000. The van der Waals surface area contributed by atoms with E-state index >= 15 is 0 Å². The lowest BCUT2D eigenvalue weighted by Gasteiger charge is -2.18. The zero-order chi connectivity index (χ0) is 24.4. The number of phenols is 1. The number of nitrogens with one attached hydrogen (secondary N) is 2. The summed E-state index contributed by atoms with van der Waals surface area (Å²) >= 11 is 0. The Kier molecular flexibility index (Phi) is 9.47. The number of ether oxygens (including phenoxy) is 2. The first kappa shape index (κ1) is 25.5. The van der Waals surface area contributed by atoms with Gasteiger partial charge in [-0.05, 0) is 61.2 Å². The van der Waals surface area contributed by atoms with Crippen LogP contribution in [0.15, 0.2) is 54.2 Å². The number of allylic oxidation sites excluding steroid dienone is 1.